The molecule has 0 atom stereocenters. The summed E-state index contributed by atoms with van der Waals surface area (Å²) >= 11 is 0. The van der Waals surface area contributed by atoms with Crippen LogP contribution in [0, 0.1) is 0 Å². The van der Waals surface area contributed by atoms with E-state index in [1.165, 1.54) is 0 Å². The van der Waals surface area contributed by atoms with E-state index >= 15 is 0 Å². The van der Waals surface area contributed by atoms with Gasteiger partial charge in [0.25, 0.3) is 0 Å². The predicted octanol–water partition coefficient (Wildman–Crippen LogP) is 6.37. The van der Waals surface area contributed by atoms with Crippen molar-refractivity contribution < 1.29 is 0 Å². The Balaban J connectivity index is 2.66. The molecule has 0 spiro atoms. The summed E-state index contributed by atoms with van der Waals surface area (Å²) in [5.74, 6) is 0.600. The minimum atomic E-state index is -0.0790. The Labute approximate surface area is 169 Å². The second-order valence-electron chi connectivity index (χ2n) is 10.3. The monoisotopic (exact) mass is 364 g/mol. The molecule has 0 saturated carbocycles. The lowest BCUT2D eigenvalue weighted by molar-refractivity contribution is 0.573. The van der Waals surface area contributed by atoms with Gasteiger partial charge >= 0.3 is 0 Å². The van der Waals surface area contributed by atoms with Gasteiger partial charge in [0.15, 0.2) is 0 Å². The maximum atomic E-state index is 4.79. The van der Waals surface area contributed by atoms with Crippen LogP contribution in [0.25, 0.3) is 0 Å². The van der Waals surface area contributed by atoms with Crippen LogP contribution in [0.2, 0.25) is 23.8 Å². The van der Waals surface area contributed by atoms with Gasteiger partial charge in [0.05, 0.1) is 0 Å². The number of hydrogen-bond donors (Lipinski definition) is 0. The Morgan fingerprint density at radius 1 is 0.778 bits per heavy atom. The van der Waals surface area contributed by atoms with Crippen molar-refractivity contribution in [3.63, 3.8) is 0 Å². The largest absolute Gasteiger partial charge is 0.287 e. The van der Waals surface area contributed by atoms with Crippen molar-refractivity contribution >= 4 is 27.0 Å². The van der Waals surface area contributed by atoms with Crippen LogP contribution in [-0.4, -0.2) is 38.1 Å². The third kappa shape index (κ3) is 11.2. The molecule has 0 N–H and O–H groups in total. The highest BCUT2D eigenvalue weighted by molar-refractivity contribution is 6.40. The molecule has 27 heavy (non-hydrogen) atoms. The van der Waals surface area contributed by atoms with Crippen LogP contribution in [-0.2, 0) is 0 Å². The molecular weight excluding hydrogens is 326 g/mol. The average molecular weight is 364 g/mol. The van der Waals surface area contributed by atoms with E-state index in [1.807, 2.05) is 12.4 Å². The van der Waals surface area contributed by atoms with Gasteiger partial charge in [0, 0.05) is 23.5 Å². The van der Waals surface area contributed by atoms with Gasteiger partial charge in [-0.15, -0.1) is 0 Å². The molecule has 0 amide bonds. The van der Waals surface area contributed by atoms with E-state index < -0.39 is 0 Å². The summed E-state index contributed by atoms with van der Waals surface area (Å²) in [6.07, 6.45) is 5.93. The fourth-order valence-corrected chi connectivity index (χ4v) is 2.35. The van der Waals surface area contributed by atoms with Crippen molar-refractivity contribution in [2.24, 2.45) is 9.98 Å². The normalized spacial score (nSPS) is 13.7. The smallest absolute Gasteiger partial charge is 0.119 e. The molecule has 1 aromatic rings. The zero-order valence-corrected chi connectivity index (χ0v) is 19.0. The molecule has 0 aliphatic heterocycles. The number of hydrogen-bond acceptors (Lipinski definition) is 2. The van der Waals surface area contributed by atoms with Crippen molar-refractivity contribution in [1.82, 2.24) is 0 Å². The quantitative estimate of drug-likeness (QED) is 0.359. The summed E-state index contributed by atoms with van der Waals surface area (Å²) in [7, 11) is 4.68. The fourth-order valence-electron chi connectivity index (χ4n) is 2.35. The molecule has 1 aromatic carbocycles. The van der Waals surface area contributed by atoms with E-state index in [-0.39, 0.29) is 16.4 Å². The minimum absolute atomic E-state index is 0.0576. The van der Waals surface area contributed by atoms with E-state index in [0.29, 0.717) is 5.82 Å². The lowest BCUT2D eigenvalue weighted by Gasteiger charge is -2.24. The lowest BCUT2D eigenvalue weighted by atomic mass is 9.50. The van der Waals surface area contributed by atoms with Crippen molar-refractivity contribution in [3.8, 4) is 0 Å². The number of rotatable bonds is 9. The predicted molar refractivity (Wildman–Crippen MR) is 126 cm³/mol. The molecule has 0 aliphatic carbocycles. The maximum Gasteiger partial charge on any atom is 0.119 e. The standard InChI is InChI=1S/C23H38B2N2/c1-18(2)24-16-22(6,7)26-14-19-10-12-20(13-11-19)15-27-23(8,9)17-25-21(3,4)5/h10-15,18H,16-17H2,1-9H3. The topological polar surface area (TPSA) is 24.7 Å². The zero-order valence-electron chi connectivity index (χ0n) is 19.0. The average Bonchev–Trinajstić information content (AvgIpc) is 2.55. The molecule has 0 bridgehead atoms. The number of benzene rings is 1. The van der Waals surface area contributed by atoms with Crippen LogP contribution < -0.4 is 0 Å². The summed E-state index contributed by atoms with van der Waals surface area (Å²) in [5, 5.41) is 0.231. The zero-order chi connectivity index (χ0) is 20.7. The molecule has 4 heteroatoms. The van der Waals surface area contributed by atoms with Crippen LogP contribution >= 0.6 is 0 Å². The molecule has 0 unspecified atom stereocenters. The molecule has 0 saturated heterocycles. The van der Waals surface area contributed by atoms with Gasteiger partial charge in [-0.2, -0.15) is 0 Å². The first-order chi connectivity index (χ1) is 12.3. The highest BCUT2D eigenvalue weighted by Gasteiger charge is 2.21. The van der Waals surface area contributed by atoms with Crippen molar-refractivity contribution in [2.75, 3.05) is 0 Å². The van der Waals surface area contributed by atoms with Gasteiger partial charge in [0.1, 0.15) is 14.6 Å². The summed E-state index contributed by atoms with van der Waals surface area (Å²) in [6.45, 7) is 19.8. The van der Waals surface area contributed by atoms with E-state index in [2.05, 4.69) is 101 Å². The fraction of sp³-hybridized carbons (Fsp3) is 0.652. The Hall–Kier alpha value is -1.31. The highest BCUT2D eigenvalue weighted by atomic mass is 14.8. The van der Waals surface area contributed by atoms with E-state index in [1.54, 1.807) is 0 Å². The third-order valence-electron chi connectivity index (χ3n) is 4.37. The Morgan fingerprint density at radius 2 is 1.19 bits per heavy atom. The van der Waals surface area contributed by atoms with Gasteiger partial charge in [-0.1, -0.05) is 82.7 Å². The molecule has 1 rings (SSSR count). The minimum Gasteiger partial charge on any atom is -0.287 e. The molecular formula is C23H38B2N2. The summed E-state index contributed by atoms with van der Waals surface area (Å²) in [4.78, 5) is 9.56. The van der Waals surface area contributed by atoms with Crippen molar-refractivity contribution in [1.29, 1.82) is 0 Å². The molecule has 2 radical (unpaired) electrons. The van der Waals surface area contributed by atoms with Gasteiger partial charge in [-0.3, -0.25) is 9.98 Å². The van der Waals surface area contributed by atoms with Crippen molar-refractivity contribution in [2.45, 2.75) is 97.2 Å². The van der Waals surface area contributed by atoms with Crippen LogP contribution in [0.1, 0.15) is 73.4 Å². The lowest BCUT2D eigenvalue weighted by Crippen LogP contribution is -2.23. The first-order valence-electron chi connectivity index (χ1n) is 10.2. The Bertz CT molecular complexity index is 621. The van der Waals surface area contributed by atoms with Gasteiger partial charge < -0.3 is 0 Å². The molecule has 146 valence electrons. The Kier molecular flexibility index (Phi) is 8.57. The van der Waals surface area contributed by atoms with E-state index in [4.69, 9.17) is 9.98 Å². The SMILES string of the molecule is CC(C)[B]CC(C)(C)N=Cc1ccc(C=NC(C)(C)C[B]C(C)(C)C)cc1. The molecule has 0 fully saturated rings. The highest BCUT2D eigenvalue weighted by Crippen LogP contribution is 2.26. The molecule has 2 nitrogen and oxygen atoms in total. The molecule has 0 heterocycles. The summed E-state index contributed by atoms with van der Waals surface area (Å²) in [6, 6.07) is 8.45. The summed E-state index contributed by atoms with van der Waals surface area (Å²) < 4.78 is 0. The van der Waals surface area contributed by atoms with Crippen LogP contribution in [0.3, 0.4) is 0 Å². The molecule has 0 aliphatic rings. The maximum absolute atomic E-state index is 4.79. The third-order valence-corrected chi connectivity index (χ3v) is 4.37. The van der Waals surface area contributed by atoms with Crippen LogP contribution in [0.4, 0.5) is 0 Å². The number of aliphatic imine (C=N–C) groups is 2. The van der Waals surface area contributed by atoms with Gasteiger partial charge in [-0.25, -0.2) is 0 Å². The summed E-state index contributed by atoms with van der Waals surface area (Å²) in [5.41, 5.74) is 2.12. The molecule has 0 aromatic heterocycles. The second kappa shape index (κ2) is 9.75. The van der Waals surface area contributed by atoms with Gasteiger partial charge in [0.2, 0.25) is 0 Å². The second-order valence-corrected chi connectivity index (χ2v) is 10.3. The van der Waals surface area contributed by atoms with E-state index in [0.717, 1.165) is 23.8 Å². The first kappa shape index (κ1) is 23.7. The van der Waals surface area contributed by atoms with Gasteiger partial charge in [-0.05, 0) is 38.8 Å². The van der Waals surface area contributed by atoms with Crippen LogP contribution in [0.15, 0.2) is 34.3 Å². The van der Waals surface area contributed by atoms with E-state index in [9.17, 15) is 0 Å². The first-order valence-corrected chi connectivity index (χ1v) is 10.2. The number of nitrogens with zero attached hydrogens (tertiary/aromatic N) is 2. The Morgan fingerprint density at radius 3 is 1.56 bits per heavy atom. The van der Waals surface area contributed by atoms with Crippen molar-refractivity contribution in [3.05, 3.63) is 35.4 Å². The van der Waals surface area contributed by atoms with Crippen LogP contribution in [0.5, 0.6) is 0 Å².